The van der Waals surface area contributed by atoms with Gasteiger partial charge in [0.1, 0.15) is 0 Å². The van der Waals surface area contributed by atoms with Crippen LogP contribution in [0, 0.1) is 0 Å². The van der Waals surface area contributed by atoms with Crippen LogP contribution in [-0.4, -0.2) is 9.97 Å². The number of fused-ring (bicyclic) bond motifs is 6. The maximum Gasteiger partial charge on any atom is 0.235 e. The van der Waals surface area contributed by atoms with E-state index in [1.807, 2.05) is 11.3 Å². The third kappa shape index (κ3) is 5.12. The number of aromatic nitrogens is 2. The minimum absolute atomic E-state index is 0.622. The van der Waals surface area contributed by atoms with Gasteiger partial charge in [-0.25, -0.2) is 9.97 Å². The van der Waals surface area contributed by atoms with E-state index in [9.17, 15) is 0 Å². The lowest BCUT2D eigenvalue weighted by Gasteiger charge is -2.28. The highest BCUT2D eigenvalue weighted by Gasteiger charge is 2.25. The van der Waals surface area contributed by atoms with Crippen molar-refractivity contribution >= 4 is 70.5 Å². The molecule has 0 amide bonds. The fourth-order valence-electron chi connectivity index (χ4n) is 7.44. The van der Waals surface area contributed by atoms with E-state index in [4.69, 9.17) is 9.97 Å². The van der Waals surface area contributed by atoms with Gasteiger partial charge in [-0.2, -0.15) is 0 Å². The Morgan fingerprint density at radius 1 is 0.423 bits per heavy atom. The van der Waals surface area contributed by atoms with Crippen LogP contribution in [0.1, 0.15) is 0 Å². The summed E-state index contributed by atoms with van der Waals surface area (Å²) in [6, 6.07) is 66.7. The van der Waals surface area contributed by atoms with Crippen molar-refractivity contribution in [2.45, 2.75) is 0 Å². The summed E-state index contributed by atoms with van der Waals surface area (Å²) < 4.78 is 2.45. The van der Waals surface area contributed by atoms with Gasteiger partial charge in [-0.1, -0.05) is 158 Å². The lowest BCUT2D eigenvalue weighted by atomic mass is 9.96. The Kier molecular flexibility index (Phi) is 7.33. The zero-order valence-electron chi connectivity index (χ0n) is 28.1. The van der Waals surface area contributed by atoms with E-state index >= 15 is 0 Å². The molecule has 4 heteroatoms. The first kappa shape index (κ1) is 30.2. The summed E-state index contributed by atoms with van der Waals surface area (Å²) in [4.78, 5) is 13.3. The van der Waals surface area contributed by atoms with Crippen molar-refractivity contribution in [2.24, 2.45) is 0 Å². The van der Waals surface area contributed by atoms with Gasteiger partial charge in [0.25, 0.3) is 0 Å². The van der Waals surface area contributed by atoms with E-state index in [-0.39, 0.29) is 0 Å². The van der Waals surface area contributed by atoms with Crippen LogP contribution in [0.4, 0.5) is 17.3 Å². The van der Waals surface area contributed by atoms with E-state index in [1.54, 1.807) is 0 Å². The molecule has 0 radical (unpaired) electrons. The van der Waals surface area contributed by atoms with Crippen LogP contribution >= 0.6 is 11.3 Å². The summed E-state index contributed by atoms with van der Waals surface area (Å²) in [5, 5.41) is 5.83. The highest BCUT2D eigenvalue weighted by molar-refractivity contribution is 7.26. The number of thiophene rings is 1. The Balaban J connectivity index is 1.32. The average Bonchev–Trinajstić information content (AvgIpc) is 3.61. The minimum Gasteiger partial charge on any atom is -0.277 e. The van der Waals surface area contributed by atoms with Crippen LogP contribution in [0.25, 0.3) is 75.4 Å². The van der Waals surface area contributed by atoms with Gasteiger partial charge in [0.2, 0.25) is 5.95 Å². The molecule has 0 unspecified atom stereocenters. The fourth-order valence-corrected chi connectivity index (χ4v) is 8.65. The highest BCUT2D eigenvalue weighted by atomic mass is 32.1. The van der Waals surface area contributed by atoms with Crippen molar-refractivity contribution in [3.8, 4) is 33.5 Å². The molecule has 244 valence electrons. The van der Waals surface area contributed by atoms with Crippen molar-refractivity contribution in [1.82, 2.24) is 9.97 Å². The van der Waals surface area contributed by atoms with E-state index in [0.717, 1.165) is 55.6 Å². The summed E-state index contributed by atoms with van der Waals surface area (Å²) in [7, 11) is 0. The zero-order chi connectivity index (χ0) is 34.4. The Hall–Kier alpha value is -6.62. The molecule has 0 aliphatic heterocycles. The smallest absolute Gasteiger partial charge is 0.235 e. The van der Waals surface area contributed by atoms with Crippen molar-refractivity contribution in [1.29, 1.82) is 0 Å². The molecule has 0 bridgehead atoms. The third-order valence-corrected chi connectivity index (χ3v) is 11.1. The molecule has 0 saturated carbocycles. The second-order valence-electron chi connectivity index (χ2n) is 13.0. The van der Waals surface area contributed by atoms with Gasteiger partial charge in [-0.3, -0.25) is 4.90 Å². The average molecular weight is 682 g/mol. The molecule has 0 aliphatic rings. The van der Waals surface area contributed by atoms with Gasteiger partial charge in [0, 0.05) is 32.0 Å². The molecule has 0 fully saturated rings. The third-order valence-electron chi connectivity index (χ3n) is 9.88. The van der Waals surface area contributed by atoms with Crippen LogP contribution < -0.4 is 4.90 Å². The van der Waals surface area contributed by atoms with Crippen LogP contribution in [0.15, 0.2) is 188 Å². The largest absolute Gasteiger partial charge is 0.277 e. The molecule has 0 N–H and O–H groups in total. The summed E-state index contributed by atoms with van der Waals surface area (Å²) >= 11 is 1.82. The van der Waals surface area contributed by atoms with Crippen molar-refractivity contribution in [2.75, 3.05) is 4.90 Å². The SMILES string of the molecule is c1ccc(-c2ccc(N(c3nc(-c4ccccc4)c4c(ccc5ccccc54)n3)c3cccc4c3sc3ccccc34)c(-c3ccccc3)c2)cc1. The van der Waals surface area contributed by atoms with Gasteiger partial charge >= 0.3 is 0 Å². The van der Waals surface area contributed by atoms with E-state index in [2.05, 4.69) is 193 Å². The first-order chi connectivity index (χ1) is 25.8. The Morgan fingerprint density at radius 3 is 1.87 bits per heavy atom. The first-order valence-electron chi connectivity index (χ1n) is 17.5. The second-order valence-corrected chi connectivity index (χ2v) is 14.0. The Labute approximate surface area is 305 Å². The minimum atomic E-state index is 0.622. The molecule has 10 aromatic rings. The number of hydrogen-bond acceptors (Lipinski definition) is 4. The summed E-state index contributed by atoms with van der Waals surface area (Å²) in [6.07, 6.45) is 0. The van der Waals surface area contributed by atoms with E-state index < -0.39 is 0 Å². The number of anilines is 3. The Morgan fingerprint density at radius 2 is 1.08 bits per heavy atom. The lowest BCUT2D eigenvalue weighted by Crippen LogP contribution is -2.15. The molecule has 10 rings (SSSR count). The van der Waals surface area contributed by atoms with Crippen molar-refractivity contribution in [3.63, 3.8) is 0 Å². The van der Waals surface area contributed by atoms with Gasteiger partial charge in [-0.15, -0.1) is 11.3 Å². The van der Waals surface area contributed by atoms with Crippen LogP contribution in [0.5, 0.6) is 0 Å². The van der Waals surface area contributed by atoms with Gasteiger partial charge in [0.05, 0.1) is 27.3 Å². The molecule has 0 atom stereocenters. The number of rotatable bonds is 6. The molecule has 2 aromatic heterocycles. The monoisotopic (exact) mass is 681 g/mol. The molecular formula is C48H31N3S. The Bertz CT molecular complexity index is 2900. The second kappa shape index (κ2) is 12.6. The number of benzene rings is 8. The highest BCUT2D eigenvalue weighted by Crippen LogP contribution is 2.48. The zero-order valence-corrected chi connectivity index (χ0v) is 29.0. The van der Waals surface area contributed by atoms with E-state index in [1.165, 1.54) is 31.1 Å². The number of nitrogens with zero attached hydrogens (tertiary/aromatic N) is 3. The van der Waals surface area contributed by atoms with Gasteiger partial charge in [0.15, 0.2) is 0 Å². The predicted octanol–water partition coefficient (Wildman–Crippen LogP) is 13.6. The molecular weight excluding hydrogens is 651 g/mol. The lowest BCUT2D eigenvalue weighted by molar-refractivity contribution is 1.12. The van der Waals surface area contributed by atoms with Crippen molar-refractivity contribution in [3.05, 3.63) is 188 Å². The molecule has 3 nitrogen and oxygen atoms in total. The van der Waals surface area contributed by atoms with E-state index in [0.29, 0.717) is 5.95 Å². The molecule has 8 aromatic carbocycles. The predicted molar refractivity (Wildman–Crippen MR) is 221 cm³/mol. The molecule has 52 heavy (non-hydrogen) atoms. The van der Waals surface area contributed by atoms with Gasteiger partial charge < -0.3 is 0 Å². The normalized spacial score (nSPS) is 11.5. The quantitative estimate of drug-likeness (QED) is 0.164. The fraction of sp³-hybridized carbons (Fsp3) is 0. The topological polar surface area (TPSA) is 29.0 Å². The molecule has 0 saturated heterocycles. The van der Waals surface area contributed by atoms with Crippen molar-refractivity contribution < 1.29 is 0 Å². The summed E-state index contributed by atoms with van der Waals surface area (Å²) in [5.74, 6) is 0.622. The van der Waals surface area contributed by atoms with Crippen LogP contribution in [0.2, 0.25) is 0 Å². The number of hydrogen-bond donors (Lipinski definition) is 0. The summed E-state index contributed by atoms with van der Waals surface area (Å²) in [6.45, 7) is 0. The standard InChI is InChI=1S/C48H31N3S/c1-4-15-32(16-5-1)36-28-30-42(40(31-36)33-17-6-2-7-18-33)51(43-25-14-24-39-38-23-12-13-26-44(38)52-47(39)43)48-49-41-29-27-34-19-10-11-22-37(34)45(41)46(50-48)35-20-8-3-9-21-35/h1-31H. The maximum atomic E-state index is 5.57. The maximum absolute atomic E-state index is 5.57. The molecule has 2 heterocycles. The van der Waals surface area contributed by atoms with Crippen LogP contribution in [0.3, 0.4) is 0 Å². The summed E-state index contributed by atoms with van der Waals surface area (Å²) in [5.41, 5.74) is 9.46. The van der Waals surface area contributed by atoms with Crippen LogP contribution in [-0.2, 0) is 0 Å². The first-order valence-corrected chi connectivity index (χ1v) is 18.3. The molecule has 0 spiro atoms. The molecule has 0 aliphatic carbocycles. The van der Waals surface area contributed by atoms with Gasteiger partial charge in [-0.05, 0) is 57.8 Å².